The standard InChI is InChI=1S/C5H10O4/c1-8-5(9-2)4(7)3-6/h3,5-7H,1-2H3. The van der Waals surface area contributed by atoms with Crippen LogP contribution in [0.2, 0.25) is 0 Å². The molecule has 0 saturated carbocycles. The zero-order chi connectivity index (χ0) is 7.28. The Kier molecular flexibility index (Phi) is 3.83. The summed E-state index contributed by atoms with van der Waals surface area (Å²) < 4.78 is 9.10. The van der Waals surface area contributed by atoms with Crippen LogP contribution in [0.4, 0.5) is 0 Å². The van der Waals surface area contributed by atoms with Gasteiger partial charge in [0.25, 0.3) is 0 Å². The fraction of sp³-hybridized carbons (Fsp3) is 0.600. The van der Waals surface area contributed by atoms with Crippen LogP contribution in [-0.2, 0) is 9.47 Å². The van der Waals surface area contributed by atoms with Crippen molar-refractivity contribution in [2.75, 3.05) is 14.2 Å². The SMILES string of the molecule is COC(OC)C(O)=CO. The number of aliphatic hydroxyl groups is 2. The number of aliphatic hydroxyl groups excluding tert-OH is 2. The molecule has 0 aliphatic carbocycles. The number of rotatable bonds is 3. The highest BCUT2D eigenvalue weighted by Gasteiger charge is 2.09. The number of hydrogen-bond donors (Lipinski definition) is 2. The zero-order valence-electron chi connectivity index (χ0n) is 5.37. The van der Waals surface area contributed by atoms with Crippen LogP contribution in [-0.4, -0.2) is 30.7 Å². The van der Waals surface area contributed by atoms with Crippen molar-refractivity contribution in [2.45, 2.75) is 6.29 Å². The molecule has 0 radical (unpaired) electrons. The molecule has 0 atom stereocenters. The van der Waals surface area contributed by atoms with Crippen LogP contribution in [0.15, 0.2) is 12.0 Å². The molecule has 0 aliphatic heterocycles. The van der Waals surface area contributed by atoms with Crippen LogP contribution >= 0.6 is 0 Å². The molecule has 0 heterocycles. The molecule has 54 valence electrons. The highest BCUT2D eigenvalue weighted by molar-refractivity contribution is 4.87. The van der Waals surface area contributed by atoms with Gasteiger partial charge in [-0.25, -0.2) is 0 Å². The molecule has 0 aromatic heterocycles. The first-order valence-electron chi connectivity index (χ1n) is 2.35. The van der Waals surface area contributed by atoms with E-state index in [1.807, 2.05) is 0 Å². The van der Waals surface area contributed by atoms with Gasteiger partial charge in [0.2, 0.25) is 6.29 Å². The molecular weight excluding hydrogens is 124 g/mol. The normalized spacial score (nSPS) is 12.6. The molecule has 0 aliphatic rings. The fourth-order valence-electron chi connectivity index (χ4n) is 0.399. The average Bonchev–Trinajstić information content (AvgIpc) is 1.90. The van der Waals surface area contributed by atoms with Gasteiger partial charge in [0.05, 0.1) is 0 Å². The summed E-state index contributed by atoms with van der Waals surface area (Å²) in [5.74, 6) is -0.347. The van der Waals surface area contributed by atoms with Crippen LogP contribution < -0.4 is 0 Å². The van der Waals surface area contributed by atoms with Crippen LogP contribution in [0.5, 0.6) is 0 Å². The van der Waals surface area contributed by atoms with E-state index in [9.17, 15) is 0 Å². The topological polar surface area (TPSA) is 58.9 Å². The van der Waals surface area contributed by atoms with Gasteiger partial charge in [0.1, 0.15) is 6.26 Å². The number of methoxy groups -OCH3 is 2. The Hall–Kier alpha value is -0.740. The largest absolute Gasteiger partial charge is 0.512 e. The summed E-state index contributed by atoms with van der Waals surface area (Å²) in [6.45, 7) is 0. The fourth-order valence-corrected chi connectivity index (χ4v) is 0.399. The molecule has 2 N–H and O–H groups in total. The molecule has 0 aromatic carbocycles. The van der Waals surface area contributed by atoms with Gasteiger partial charge in [-0.15, -0.1) is 0 Å². The lowest BCUT2D eigenvalue weighted by Gasteiger charge is -2.09. The Morgan fingerprint density at radius 1 is 1.44 bits per heavy atom. The minimum absolute atomic E-state index is 0.347. The molecule has 4 nitrogen and oxygen atoms in total. The van der Waals surface area contributed by atoms with Crippen LogP contribution in [0.25, 0.3) is 0 Å². The number of hydrogen-bond acceptors (Lipinski definition) is 4. The zero-order valence-corrected chi connectivity index (χ0v) is 5.37. The predicted octanol–water partition coefficient (Wildman–Crippen LogP) is 0.563. The molecule has 4 heteroatoms. The summed E-state index contributed by atoms with van der Waals surface area (Å²) in [7, 11) is 2.71. The lowest BCUT2D eigenvalue weighted by atomic mass is 10.5. The van der Waals surface area contributed by atoms with Gasteiger partial charge in [-0.05, 0) is 0 Å². The predicted molar refractivity (Wildman–Crippen MR) is 31.1 cm³/mol. The highest BCUT2D eigenvalue weighted by Crippen LogP contribution is 2.00. The maximum Gasteiger partial charge on any atom is 0.219 e. The van der Waals surface area contributed by atoms with E-state index in [1.54, 1.807) is 0 Å². The van der Waals surface area contributed by atoms with Gasteiger partial charge in [0.15, 0.2) is 5.76 Å². The number of ether oxygens (including phenoxy) is 2. The molecule has 0 aromatic rings. The van der Waals surface area contributed by atoms with Gasteiger partial charge in [-0.2, -0.15) is 0 Å². The second kappa shape index (κ2) is 4.17. The minimum atomic E-state index is -0.866. The quantitative estimate of drug-likeness (QED) is 0.437. The lowest BCUT2D eigenvalue weighted by Crippen LogP contribution is -2.15. The summed E-state index contributed by atoms with van der Waals surface area (Å²) in [5.41, 5.74) is 0. The first-order chi connectivity index (χ1) is 4.26. The van der Waals surface area contributed by atoms with Crippen LogP contribution in [0, 0.1) is 0 Å². The Morgan fingerprint density at radius 3 is 2.00 bits per heavy atom. The third kappa shape index (κ3) is 2.34. The monoisotopic (exact) mass is 134 g/mol. The second-order valence-electron chi connectivity index (χ2n) is 1.36. The first kappa shape index (κ1) is 8.26. The maximum atomic E-state index is 8.68. The van der Waals surface area contributed by atoms with E-state index in [1.165, 1.54) is 14.2 Å². The van der Waals surface area contributed by atoms with Gasteiger partial charge in [-0.3, -0.25) is 0 Å². The van der Waals surface area contributed by atoms with Crippen molar-refractivity contribution in [3.63, 3.8) is 0 Å². The molecule has 0 rings (SSSR count). The van der Waals surface area contributed by atoms with Gasteiger partial charge < -0.3 is 19.7 Å². The molecule has 0 spiro atoms. The first-order valence-corrected chi connectivity index (χ1v) is 2.35. The van der Waals surface area contributed by atoms with E-state index < -0.39 is 6.29 Å². The van der Waals surface area contributed by atoms with Gasteiger partial charge >= 0.3 is 0 Å². The smallest absolute Gasteiger partial charge is 0.219 e. The second-order valence-corrected chi connectivity index (χ2v) is 1.36. The van der Waals surface area contributed by atoms with Crippen molar-refractivity contribution >= 4 is 0 Å². The summed E-state index contributed by atoms with van der Waals surface area (Å²) in [5, 5.41) is 16.9. The highest BCUT2D eigenvalue weighted by atomic mass is 16.7. The molecule has 0 bridgehead atoms. The van der Waals surface area contributed by atoms with Crippen LogP contribution in [0.1, 0.15) is 0 Å². The van der Waals surface area contributed by atoms with E-state index in [-0.39, 0.29) is 5.76 Å². The molecule has 0 unspecified atom stereocenters. The van der Waals surface area contributed by atoms with Crippen molar-refractivity contribution in [1.29, 1.82) is 0 Å². The summed E-state index contributed by atoms with van der Waals surface area (Å²) in [6.07, 6.45) is -0.340. The Balaban J connectivity index is 3.79. The van der Waals surface area contributed by atoms with Crippen molar-refractivity contribution < 1.29 is 19.7 Å². The lowest BCUT2D eigenvalue weighted by molar-refractivity contribution is -0.0980. The van der Waals surface area contributed by atoms with Gasteiger partial charge in [0, 0.05) is 14.2 Å². The Bertz CT molecular complexity index is 95.1. The van der Waals surface area contributed by atoms with Crippen molar-refractivity contribution in [1.82, 2.24) is 0 Å². The third-order valence-electron chi connectivity index (χ3n) is 0.802. The summed E-state index contributed by atoms with van der Waals surface area (Å²) >= 11 is 0. The molecule has 0 saturated heterocycles. The molecule has 0 amide bonds. The van der Waals surface area contributed by atoms with E-state index in [4.69, 9.17) is 10.2 Å². The van der Waals surface area contributed by atoms with Crippen molar-refractivity contribution in [3.05, 3.63) is 12.0 Å². The van der Waals surface area contributed by atoms with E-state index in [0.717, 1.165) is 0 Å². The van der Waals surface area contributed by atoms with E-state index in [2.05, 4.69) is 9.47 Å². The van der Waals surface area contributed by atoms with Gasteiger partial charge in [-0.1, -0.05) is 0 Å². The van der Waals surface area contributed by atoms with E-state index >= 15 is 0 Å². The van der Waals surface area contributed by atoms with Crippen molar-refractivity contribution in [3.8, 4) is 0 Å². The van der Waals surface area contributed by atoms with E-state index in [0.29, 0.717) is 6.26 Å². The minimum Gasteiger partial charge on any atom is -0.512 e. The summed E-state index contributed by atoms with van der Waals surface area (Å²) in [4.78, 5) is 0. The Labute approximate surface area is 53.3 Å². The third-order valence-corrected chi connectivity index (χ3v) is 0.802. The van der Waals surface area contributed by atoms with Crippen LogP contribution in [0.3, 0.4) is 0 Å². The molecule has 9 heavy (non-hydrogen) atoms. The average molecular weight is 134 g/mol. The molecular formula is C5H10O4. The maximum absolute atomic E-state index is 8.68. The summed E-state index contributed by atoms with van der Waals surface area (Å²) in [6, 6.07) is 0. The van der Waals surface area contributed by atoms with Crippen molar-refractivity contribution in [2.24, 2.45) is 0 Å². The Morgan fingerprint density at radius 2 is 1.89 bits per heavy atom. The molecule has 0 fully saturated rings.